The topological polar surface area (TPSA) is 190 Å². The van der Waals surface area contributed by atoms with Crippen LogP contribution in [0.2, 0.25) is 10.0 Å². The van der Waals surface area contributed by atoms with E-state index >= 15 is 4.39 Å². The smallest absolute Gasteiger partial charge is 0.264 e. The van der Waals surface area contributed by atoms with E-state index in [2.05, 4.69) is 15.5 Å². The number of likely N-dealkylation sites (tertiary alicyclic amines) is 1. The van der Waals surface area contributed by atoms with Crippen LogP contribution in [0.15, 0.2) is 72.8 Å². The number of amides is 6. The molecule has 0 bridgehead atoms. The van der Waals surface area contributed by atoms with Crippen molar-refractivity contribution >= 4 is 64.3 Å². The van der Waals surface area contributed by atoms with Gasteiger partial charge in [0.15, 0.2) is 11.6 Å². The van der Waals surface area contributed by atoms with E-state index in [0.717, 1.165) is 74.7 Å². The van der Waals surface area contributed by atoms with Crippen LogP contribution in [0.1, 0.15) is 125 Å². The van der Waals surface area contributed by atoms with Gasteiger partial charge < -0.3 is 35.1 Å². The molecule has 4 aromatic rings. The second kappa shape index (κ2) is 22.5. The second-order valence-corrected chi connectivity index (χ2v) is 21.2. The molecule has 6 amide bonds. The third-order valence-electron chi connectivity index (χ3n) is 15.8. The number of primary amides is 1. The highest BCUT2D eigenvalue weighted by atomic mass is 35.5. The number of fused-ring (bicyclic) bond motifs is 1. The molecule has 4 saturated heterocycles. The van der Waals surface area contributed by atoms with Crippen LogP contribution < -0.4 is 26.0 Å². The van der Waals surface area contributed by atoms with Crippen LogP contribution in [0.3, 0.4) is 0 Å². The zero-order valence-corrected chi connectivity index (χ0v) is 42.6. The summed E-state index contributed by atoms with van der Waals surface area (Å²) in [5.74, 6) is -3.82. The Bertz CT molecular complexity index is 2810. The van der Waals surface area contributed by atoms with Crippen LogP contribution in [0.25, 0.3) is 11.1 Å². The molecule has 1 aliphatic carbocycles. The summed E-state index contributed by atoms with van der Waals surface area (Å²) >= 11 is 13.8. The number of rotatable bonds is 15. The maximum atomic E-state index is 16.5. The summed E-state index contributed by atoms with van der Waals surface area (Å²) in [5, 5.41) is 6.57. The van der Waals surface area contributed by atoms with Gasteiger partial charge in [0, 0.05) is 79.8 Å². The average molecular weight is 1050 g/mol. The van der Waals surface area contributed by atoms with Crippen molar-refractivity contribution in [1.82, 2.24) is 20.4 Å². The van der Waals surface area contributed by atoms with Crippen molar-refractivity contribution in [1.29, 1.82) is 0 Å². The number of imide groups is 2. The van der Waals surface area contributed by atoms with Gasteiger partial charge in [0.05, 0.1) is 45.7 Å². The first-order valence-electron chi connectivity index (χ1n) is 26.0. The molecule has 18 heteroatoms. The van der Waals surface area contributed by atoms with Crippen LogP contribution in [-0.2, 0) is 23.9 Å². The molecule has 3 atom stereocenters. The van der Waals surface area contributed by atoms with Gasteiger partial charge in [-0.3, -0.25) is 39.0 Å². The predicted octanol–water partition coefficient (Wildman–Crippen LogP) is 7.81. The molecule has 5 fully saturated rings. The fourth-order valence-electron chi connectivity index (χ4n) is 11.8. The molecule has 5 heterocycles. The van der Waals surface area contributed by atoms with Gasteiger partial charge in [0.2, 0.25) is 23.6 Å². The Hall–Kier alpha value is -5.91. The van der Waals surface area contributed by atoms with E-state index in [0.29, 0.717) is 61.2 Å². The Labute approximate surface area is 439 Å². The second-order valence-electron chi connectivity index (χ2n) is 20.4. The van der Waals surface area contributed by atoms with Gasteiger partial charge in [-0.1, -0.05) is 59.6 Å². The van der Waals surface area contributed by atoms with Crippen molar-refractivity contribution in [3.05, 3.63) is 116 Å². The van der Waals surface area contributed by atoms with Crippen molar-refractivity contribution in [3.63, 3.8) is 0 Å². The lowest BCUT2D eigenvalue weighted by atomic mass is 9.83. The summed E-state index contributed by atoms with van der Waals surface area (Å²) in [6, 6.07) is 20.4. The number of anilines is 1. The van der Waals surface area contributed by atoms with Crippen LogP contribution in [0, 0.1) is 11.7 Å². The van der Waals surface area contributed by atoms with Crippen molar-refractivity contribution in [2.45, 2.75) is 113 Å². The Morgan fingerprint density at radius 2 is 1.53 bits per heavy atom. The Kier molecular flexibility index (Phi) is 15.7. The van der Waals surface area contributed by atoms with Crippen molar-refractivity contribution in [3.8, 4) is 16.9 Å². The number of piperidine rings is 3. The lowest BCUT2D eigenvalue weighted by molar-refractivity contribution is -0.140. The Morgan fingerprint density at radius 1 is 0.797 bits per heavy atom. The number of carbonyl (C=O) groups excluding carboxylic acids is 6. The van der Waals surface area contributed by atoms with E-state index < -0.39 is 41.4 Å². The number of nitrogens with one attached hydrogen (secondary N) is 2. The average Bonchev–Trinajstić information content (AvgIpc) is 4.03. The minimum Gasteiger partial charge on any atom is -0.488 e. The summed E-state index contributed by atoms with van der Waals surface area (Å²) in [6.45, 7) is 3.81. The molecule has 2 unspecified atom stereocenters. The summed E-state index contributed by atoms with van der Waals surface area (Å²) in [7, 11) is 0. The number of hydrogen-bond acceptors (Lipinski definition) is 11. The number of ether oxygens (including phenoxy) is 3. The van der Waals surface area contributed by atoms with E-state index in [1.165, 1.54) is 12.1 Å². The Morgan fingerprint density at radius 3 is 2.22 bits per heavy atom. The first-order chi connectivity index (χ1) is 35.8. The van der Waals surface area contributed by atoms with Gasteiger partial charge in [-0.05, 0) is 118 Å². The number of halogens is 3. The molecule has 6 aliphatic rings. The van der Waals surface area contributed by atoms with E-state index in [4.69, 9.17) is 43.1 Å². The van der Waals surface area contributed by atoms with Crippen molar-refractivity contribution in [2.75, 3.05) is 50.8 Å². The fraction of sp³-hybridized carbons (Fsp3) is 0.464. The highest BCUT2D eigenvalue weighted by Crippen LogP contribution is 2.43. The van der Waals surface area contributed by atoms with Crippen LogP contribution in [0.4, 0.5) is 10.1 Å². The highest BCUT2D eigenvalue weighted by molar-refractivity contribution is 6.37. The van der Waals surface area contributed by atoms with E-state index in [1.807, 2.05) is 41.3 Å². The van der Waals surface area contributed by atoms with Gasteiger partial charge in [0.1, 0.15) is 12.6 Å². The standard InChI is InChI=1S/C56H61Cl2FN6O9/c57-43-29-44(58)41(49-38(52(60)67)15-17-47(51(49)59)73-31-37-8-5-27-72-37)28-40(43)42(32-6-2-1-3-7-32)30-61-34-13-11-33(12-14-34)54(69)64-25-21-36(22-26-64)74-35-19-23-63(24-20-35)45-10-4-9-39-50(45)56(71)65(55(39)70)46-16-18-48(66)62-53(46)68/h1-4,6-7,9-10,15,17,28-29,33-37,42,46,61H,5,8,11-14,16,18-27,30-31H2,(H2,60,67)(H,62,66,68)/t33?,34?,37-,42?,46?/m0/s1. The quantitative estimate of drug-likeness (QED) is 0.0985. The van der Waals surface area contributed by atoms with E-state index in [1.54, 1.807) is 24.3 Å². The third-order valence-corrected chi connectivity index (χ3v) is 16.4. The first-order valence-corrected chi connectivity index (χ1v) is 26.8. The molecule has 10 rings (SSSR count). The molecular weight excluding hydrogens is 991 g/mol. The molecule has 1 saturated carbocycles. The summed E-state index contributed by atoms with van der Waals surface area (Å²) < 4.78 is 34.7. The number of nitrogens with two attached hydrogens (primary N) is 1. The lowest BCUT2D eigenvalue weighted by Gasteiger charge is -2.39. The molecule has 4 aromatic carbocycles. The predicted molar refractivity (Wildman–Crippen MR) is 276 cm³/mol. The van der Waals surface area contributed by atoms with Gasteiger partial charge in [-0.2, -0.15) is 0 Å². The zero-order chi connectivity index (χ0) is 51.6. The molecule has 15 nitrogen and oxygen atoms in total. The maximum Gasteiger partial charge on any atom is 0.264 e. The molecule has 390 valence electrons. The minimum atomic E-state index is -1.02. The van der Waals surface area contributed by atoms with Gasteiger partial charge in [-0.25, -0.2) is 4.39 Å². The summed E-state index contributed by atoms with van der Waals surface area (Å²) in [6.07, 6.45) is 7.91. The molecule has 4 N–H and O–H groups in total. The van der Waals surface area contributed by atoms with Gasteiger partial charge >= 0.3 is 0 Å². The lowest BCUT2D eigenvalue weighted by Crippen LogP contribution is -2.54. The van der Waals surface area contributed by atoms with Gasteiger partial charge in [0.25, 0.3) is 11.8 Å². The van der Waals surface area contributed by atoms with Crippen molar-refractivity contribution in [2.24, 2.45) is 11.7 Å². The molecule has 0 radical (unpaired) electrons. The van der Waals surface area contributed by atoms with E-state index in [-0.39, 0.29) is 94.6 Å². The van der Waals surface area contributed by atoms with Crippen LogP contribution >= 0.6 is 23.2 Å². The monoisotopic (exact) mass is 1050 g/mol. The minimum absolute atomic E-state index is 0.0198. The zero-order valence-electron chi connectivity index (χ0n) is 41.1. The van der Waals surface area contributed by atoms with Crippen molar-refractivity contribution < 1.29 is 47.4 Å². The third kappa shape index (κ3) is 10.8. The SMILES string of the molecule is NC(=O)c1ccc(OC[C@@H]2CCCO2)c(F)c1-c1cc(C(CNC2CCC(C(=O)N3CCC(OC4CCN(c5cccc6c5C(=O)N(C5CCC(=O)NC5=O)C6=O)CC4)CC3)CC2)c2ccccc2)c(Cl)cc1Cl. The van der Waals surface area contributed by atoms with Gasteiger partial charge in [-0.15, -0.1) is 0 Å². The van der Waals surface area contributed by atoms with Crippen LogP contribution in [-0.4, -0.2) is 122 Å². The summed E-state index contributed by atoms with van der Waals surface area (Å²) in [4.78, 5) is 83.3. The number of hydrogen-bond donors (Lipinski definition) is 3. The number of carbonyl (C=O) groups is 6. The molecule has 5 aliphatic heterocycles. The first kappa shape index (κ1) is 51.6. The molecule has 74 heavy (non-hydrogen) atoms. The number of benzene rings is 4. The van der Waals surface area contributed by atoms with Crippen LogP contribution in [0.5, 0.6) is 5.75 Å². The maximum absolute atomic E-state index is 16.5. The molecule has 0 aromatic heterocycles. The Balaban J connectivity index is 0.716. The normalized spacial score (nSPS) is 23.3. The number of nitrogens with zero attached hydrogens (tertiary/aromatic N) is 3. The van der Waals surface area contributed by atoms with E-state index in [9.17, 15) is 28.8 Å². The fourth-order valence-corrected chi connectivity index (χ4v) is 12.4. The molecular formula is C56H61Cl2FN6O9. The molecule has 0 spiro atoms. The highest BCUT2D eigenvalue weighted by Gasteiger charge is 2.46. The summed E-state index contributed by atoms with van der Waals surface area (Å²) in [5.41, 5.74) is 8.89. The largest absolute Gasteiger partial charge is 0.488 e.